The summed E-state index contributed by atoms with van der Waals surface area (Å²) in [5.41, 5.74) is 0. The summed E-state index contributed by atoms with van der Waals surface area (Å²) in [5.74, 6) is -1.92. The maximum absolute atomic E-state index is 12.5. The first-order valence-corrected chi connectivity index (χ1v) is 21.2. The van der Waals surface area contributed by atoms with Gasteiger partial charge in [-0.25, -0.2) is 4.18 Å². The van der Waals surface area contributed by atoms with E-state index < -0.39 is 22.3 Å². The van der Waals surface area contributed by atoms with E-state index in [2.05, 4.69) is 55.4 Å². The highest BCUT2D eigenvalue weighted by molar-refractivity contribution is 7.80. The molecule has 0 radical (unpaired) electrons. The molecule has 9 nitrogen and oxygen atoms in total. The Morgan fingerprint density at radius 1 is 0.479 bits per heavy atom. The standard InChI is InChI=1S/C38H78O9S/c1-9-17-21-25-33(13-5)42-29-37(30-43-34(14-6)26-22-18-10-2)46-38(47-48(39,40)41,31-44-35(15-7)27-23-19-11-3)32-45-36(16-8)28-24-20-12-4/h33-37H,9-32H2,1-8H3,(H,39,40,41). The fourth-order valence-electron chi connectivity index (χ4n) is 5.88. The zero-order chi connectivity index (χ0) is 36.1. The minimum absolute atomic E-state index is 0.0460. The molecule has 0 saturated heterocycles. The molecule has 0 aromatic heterocycles. The van der Waals surface area contributed by atoms with Crippen LogP contribution in [0.4, 0.5) is 0 Å². The lowest BCUT2D eigenvalue weighted by Gasteiger charge is -2.37. The van der Waals surface area contributed by atoms with Gasteiger partial charge in [0.05, 0.1) is 37.6 Å². The molecule has 0 rings (SSSR count). The van der Waals surface area contributed by atoms with Crippen molar-refractivity contribution >= 4 is 10.4 Å². The van der Waals surface area contributed by atoms with E-state index in [0.29, 0.717) is 0 Å². The Hall–Kier alpha value is -0.330. The highest BCUT2D eigenvalue weighted by Gasteiger charge is 2.42. The van der Waals surface area contributed by atoms with Crippen molar-refractivity contribution < 1.29 is 40.8 Å². The number of unbranched alkanes of at least 4 members (excludes halogenated alkanes) is 8. The van der Waals surface area contributed by atoms with E-state index in [1.54, 1.807) is 0 Å². The average Bonchev–Trinajstić information content (AvgIpc) is 3.06. The molecule has 0 fully saturated rings. The van der Waals surface area contributed by atoms with Crippen LogP contribution in [-0.4, -0.2) is 75.7 Å². The molecule has 0 aliphatic carbocycles. The van der Waals surface area contributed by atoms with E-state index in [-0.39, 0.29) is 50.8 Å². The van der Waals surface area contributed by atoms with Crippen LogP contribution < -0.4 is 0 Å². The Labute approximate surface area is 297 Å². The second kappa shape index (κ2) is 30.3. The van der Waals surface area contributed by atoms with Crippen molar-refractivity contribution in [1.82, 2.24) is 0 Å². The molecular weight excluding hydrogens is 632 g/mol. The Morgan fingerprint density at radius 3 is 1.06 bits per heavy atom. The molecule has 0 aromatic carbocycles. The van der Waals surface area contributed by atoms with E-state index in [1.807, 2.05) is 0 Å². The lowest BCUT2D eigenvalue weighted by Crippen LogP contribution is -2.52. The van der Waals surface area contributed by atoms with Crippen LogP contribution in [0.25, 0.3) is 0 Å². The van der Waals surface area contributed by atoms with Gasteiger partial charge in [-0.05, 0) is 51.4 Å². The van der Waals surface area contributed by atoms with Crippen molar-refractivity contribution in [3.63, 3.8) is 0 Å². The monoisotopic (exact) mass is 711 g/mol. The molecule has 0 aliphatic rings. The second-order valence-corrected chi connectivity index (χ2v) is 14.6. The summed E-state index contributed by atoms with van der Waals surface area (Å²) in [6.45, 7) is 17.0. The Bertz CT molecular complexity index is 766. The van der Waals surface area contributed by atoms with Gasteiger partial charge >= 0.3 is 10.4 Å². The maximum Gasteiger partial charge on any atom is 0.400 e. The van der Waals surface area contributed by atoms with E-state index >= 15 is 0 Å². The van der Waals surface area contributed by atoms with Crippen LogP contribution in [0.3, 0.4) is 0 Å². The number of hydrogen-bond acceptors (Lipinski definition) is 8. The first-order valence-electron chi connectivity index (χ1n) is 19.9. The number of ether oxygens (including phenoxy) is 5. The molecule has 4 unspecified atom stereocenters. The zero-order valence-corrected chi connectivity index (χ0v) is 33.3. The minimum Gasteiger partial charge on any atom is -0.375 e. The fraction of sp³-hybridized carbons (Fsp3) is 1.00. The van der Waals surface area contributed by atoms with Gasteiger partial charge in [0.25, 0.3) is 0 Å². The first-order chi connectivity index (χ1) is 23.0. The minimum atomic E-state index is -4.95. The summed E-state index contributed by atoms with van der Waals surface area (Å²) in [6.07, 6.45) is 19.1. The van der Waals surface area contributed by atoms with Crippen LogP contribution in [0, 0.1) is 0 Å². The Balaban J connectivity index is 6.43. The van der Waals surface area contributed by atoms with Gasteiger partial charge < -0.3 is 23.7 Å². The molecular formula is C38H78O9S. The van der Waals surface area contributed by atoms with Crippen LogP contribution in [0.1, 0.15) is 184 Å². The fourth-order valence-corrected chi connectivity index (χ4v) is 6.39. The third-order valence-electron chi connectivity index (χ3n) is 9.09. The van der Waals surface area contributed by atoms with Gasteiger partial charge in [-0.2, -0.15) is 8.42 Å². The molecule has 0 heterocycles. The van der Waals surface area contributed by atoms with Crippen molar-refractivity contribution in [2.75, 3.05) is 26.4 Å². The molecule has 0 aliphatic heterocycles. The third-order valence-corrected chi connectivity index (χ3v) is 9.61. The summed E-state index contributed by atoms with van der Waals surface area (Å²) in [5, 5.41) is 0. The zero-order valence-electron chi connectivity index (χ0n) is 32.5. The van der Waals surface area contributed by atoms with E-state index in [9.17, 15) is 13.0 Å². The lowest BCUT2D eigenvalue weighted by molar-refractivity contribution is -0.284. The quantitative estimate of drug-likeness (QED) is 0.0386. The summed E-state index contributed by atoms with van der Waals surface area (Å²) in [6, 6.07) is 0. The molecule has 4 atom stereocenters. The molecule has 0 amide bonds. The highest BCUT2D eigenvalue weighted by atomic mass is 32.3. The first kappa shape index (κ1) is 47.7. The van der Waals surface area contributed by atoms with Crippen LogP contribution in [0.2, 0.25) is 0 Å². The molecule has 48 heavy (non-hydrogen) atoms. The van der Waals surface area contributed by atoms with Gasteiger partial charge in [0.2, 0.25) is 5.79 Å². The largest absolute Gasteiger partial charge is 0.400 e. The van der Waals surface area contributed by atoms with Gasteiger partial charge in [0, 0.05) is 0 Å². The molecule has 0 saturated carbocycles. The predicted octanol–water partition coefficient (Wildman–Crippen LogP) is 10.4. The molecule has 1 N–H and O–H groups in total. The van der Waals surface area contributed by atoms with Crippen LogP contribution in [0.5, 0.6) is 0 Å². The molecule has 10 heteroatoms. The van der Waals surface area contributed by atoms with Gasteiger partial charge in [-0.15, -0.1) is 0 Å². The SMILES string of the molecule is CCCCCC(CC)OCC(COC(CC)CCCCC)OC(COC(CC)CCCCC)(COC(CC)CCCCC)OS(=O)(=O)O. The predicted molar refractivity (Wildman–Crippen MR) is 197 cm³/mol. The van der Waals surface area contributed by atoms with Crippen molar-refractivity contribution in [1.29, 1.82) is 0 Å². The van der Waals surface area contributed by atoms with Crippen molar-refractivity contribution in [2.24, 2.45) is 0 Å². The van der Waals surface area contributed by atoms with Crippen LogP contribution in [0.15, 0.2) is 0 Å². The smallest absolute Gasteiger partial charge is 0.375 e. The summed E-state index contributed by atoms with van der Waals surface area (Å²) < 4.78 is 72.7. The van der Waals surface area contributed by atoms with Gasteiger partial charge in [-0.1, -0.05) is 132 Å². The summed E-state index contributed by atoms with van der Waals surface area (Å²) >= 11 is 0. The number of hydrogen-bond donors (Lipinski definition) is 1. The van der Waals surface area contributed by atoms with E-state index in [0.717, 1.165) is 128 Å². The normalized spacial score (nSPS) is 16.8. The molecule has 0 bridgehead atoms. The maximum atomic E-state index is 12.5. The second-order valence-electron chi connectivity index (χ2n) is 13.6. The van der Waals surface area contributed by atoms with Crippen LogP contribution >= 0.6 is 0 Å². The van der Waals surface area contributed by atoms with Crippen molar-refractivity contribution in [2.45, 2.75) is 220 Å². The molecule has 0 aromatic rings. The van der Waals surface area contributed by atoms with E-state index in [1.165, 1.54) is 0 Å². The van der Waals surface area contributed by atoms with Crippen LogP contribution in [-0.2, 0) is 38.3 Å². The Kier molecular flexibility index (Phi) is 30.1. The number of rotatable bonds is 36. The lowest BCUT2D eigenvalue weighted by atomic mass is 10.1. The average molecular weight is 711 g/mol. The van der Waals surface area contributed by atoms with Gasteiger partial charge in [-0.3, -0.25) is 4.55 Å². The highest BCUT2D eigenvalue weighted by Crippen LogP contribution is 2.26. The van der Waals surface area contributed by atoms with Crippen molar-refractivity contribution in [3.8, 4) is 0 Å². The van der Waals surface area contributed by atoms with Gasteiger partial charge in [0.15, 0.2) is 0 Å². The third kappa shape index (κ3) is 24.8. The summed E-state index contributed by atoms with van der Waals surface area (Å²) in [4.78, 5) is 0. The van der Waals surface area contributed by atoms with Gasteiger partial charge in [0.1, 0.15) is 19.3 Å². The van der Waals surface area contributed by atoms with E-state index in [4.69, 9.17) is 27.9 Å². The summed E-state index contributed by atoms with van der Waals surface area (Å²) in [7, 11) is -4.95. The molecule has 0 spiro atoms. The van der Waals surface area contributed by atoms with Crippen molar-refractivity contribution in [3.05, 3.63) is 0 Å². The Morgan fingerprint density at radius 2 is 0.792 bits per heavy atom. The molecule has 290 valence electrons. The topological polar surface area (TPSA) is 110 Å².